The van der Waals surface area contributed by atoms with E-state index in [4.69, 9.17) is 4.42 Å². The van der Waals surface area contributed by atoms with Crippen LogP contribution in [0.25, 0.3) is 11.3 Å². The van der Waals surface area contributed by atoms with Gasteiger partial charge in [0.1, 0.15) is 11.5 Å². The quantitative estimate of drug-likeness (QED) is 0.867. The second-order valence-electron chi connectivity index (χ2n) is 4.73. The van der Waals surface area contributed by atoms with Crippen LogP contribution in [0.15, 0.2) is 40.8 Å². The van der Waals surface area contributed by atoms with E-state index in [0.29, 0.717) is 6.42 Å². The molecule has 1 aromatic carbocycles. The van der Waals surface area contributed by atoms with Crippen LogP contribution in [0, 0.1) is 0 Å². The van der Waals surface area contributed by atoms with Crippen molar-refractivity contribution in [1.29, 1.82) is 0 Å². The van der Waals surface area contributed by atoms with Gasteiger partial charge in [0.15, 0.2) is 0 Å². The molecule has 0 saturated heterocycles. The molecule has 0 spiro atoms. The maximum atomic E-state index is 9.36. The minimum Gasteiger partial charge on any atom is -0.461 e. The van der Waals surface area contributed by atoms with E-state index in [2.05, 4.69) is 25.1 Å². The van der Waals surface area contributed by atoms with Crippen LogP contribution in [-0.4, -0.2) is 11.2 Å². The first-order valence-electron chi connectivity index (χ1n) is 6.55. The maximum Gasteiger partial charge on any atom is 0.134 e. The summed E-state index contributed by atoms with van der Waals surface area (Å²) in [5.74, 6) is 1.74. The van der Waals surface area contributed by atoms with E-state index in [-0.39, 0.29) is 6.10 Å². The van der Waals surface area contributed by atoms with Gasteiger partial charge in [-0.25, -0.2) is 0 Å². The predicted octanol–water partition coefficient (Wildman–Crippen LogP) is 3.82. The third kappa shape index (κ3) is 3.02. The molecule has 2 aromatic rings. The summed E-state index contributed by atoms with van der Waals surface area (Å²) in [4.78, 5) is 0. The SMILES string of the molecule is CCCc1ccccc1-c1ccc(CC(C)O)o1. The zero-order valence-corrected chi connectivity index (χ0v) is 11.0. The molecule has 0 bridgehead atoms. The van der Waals surface area contributed by atoms with Gasteiger partial charge in [0.25, 0.3) is 0 Å². The molecule has 1 heterocycles. The lowest BCUT2D eigenvalue weighted by Crippen LogP contribution is -2.02. The minimum atomic E-state index is -0.366. The molecule has 0 aliphatic carbocycles. The largest absolute Gasteiger partial charge is 0.461 e. The molecule has 2 rings (SSSR count). The van der Waals surface area contributed by atoms with Crippen LogP contribution in [0.5, 0.6) is 0 Å². The lowest BCUT2D eigenvalue weighted by Gasteiger charge is -2.06. The molecule has 0 aliphatic rings. The van der Waals surface area contributed by atoms with E-state index in [1.807, 2.05) is 18.2 Å². The molecule has 0 amide bonds. The van der Waals surface area contributed by atoms with Crippen molar-refractivity contribution in [2.24, 2.45) is 0 Å². The fraction of sp³-hybridized carbons (Fsp3) is 0.375. The number of hydrogen-bond acceptors (Lipinski definition) is 2. The predicted molar refractivity (Wildman–Crippen MR) is 73.5 cm³/mol. The Morgan fingerprint density at radius 2 is 1.94 bits per heavy atom. The Balaban J connectivity index is 2.28. The number of benzene rings is 1. The van der Waals surface area contributed by atoms with Crippen LogP contribution >= 0.6 is 0 Å². The number of aliphatic hydroxyl groups is 1. The molecule has 1 N–H and O–H groups in total. The third-order valence-corrected chi connectivity index (χ3v) is 2.96. The van der Waals surface area contributed by atoms with Gasteiger partial charge in [-0.3, -0.25) is 0 Å². The highest BCUT2D eigenvalue weighted by Gasteiger charge is 2.09. The van der Waals surface area contributed by atoms with Crippen molar-refractivity contribution >= 4 is 0 Å². The number of aryl methyl sites for hydroxylation is 1. The van der Waals surface area contributed by atoms with Crippen LogP contribution in [0.3, 0.4) is 0 Å². The van der Waals surface area contributed by atoms with E-state index < -0.39 is 0 Å². The summed E-state index contributed by atoms with van der Waals surface area (Å²) in [5, 5.41) is 9.36. The summed E-state index contributed by atoms with van der Waals surface area (Å²) >= 11 is 0. The fourth-order valence-electron chi connectivity index (χ4n) is 2.17. The van der Waals surface area contributed by atoms with Gasteiger partial charge in [-0.1, -0.05) is 37.6 Å². The lowest BCUT2D eigenvalue weighted by atomic mass is 10.0. The van der Waals surface area contributed by atoms with Crippen LogP contribution in [0.4, 0.5) is 0 Å². The maximum absolute atomic E-state index is 9.36. The van der Waals surface area contributed by atoms with Gasteiger partial charge in [-0.2, -0.15) is 0 Å². The van der Waals surface area contributed by atoms with Gasteiger partial charge in [0, 0.05) is 12.0 Å². The van der Waals surface area contributed by atoms with Crippen molar-refractivity contribution in [1.82, 2.24) is 0 Å². The second-order valence-corrected chi connectivity index (χ2v) is 4.73. The van der Waals surface area contributed by atoms with Crippen molar-refractivity contribution in [3.63, 3.8) is 0 Å². The highest BCUT2D eigenvalue weighted by Crippen LogP contribution is 2.27. The van der Waals surface area contributed by atoms with Crippen LogP contribution in [0.1, 0.15) is 31.6 Å². The van der Waals surface area contributed by atoms with Crippen molar-refractivity contribution in [2.75, 3.05) is 0 Å². The Morgan fingerprint density at radius 3 is 2.67 bits per heavy atom. The number of hydrogen-bond donors (Lipinski definition) is 1. The van der Waals surface area contributed by atoms with Gasteiger partial charge in [0.2, 0.25) is 0 Å². The molecule has 0 radical (unpaired) electrons. The second kappa shape index (κ2) is 5.87. The molecule has 2 nitrogen and oxygen atoms in total. The zero-order valence-electron chi connectivity index (χ0n) is 11.0. The summed E-state index contributed by atoms with van der Waals surface area (Å²) in [6, 6.07) is 12.3. The normalized spacial score (nSPS) is 12.6. The van der Waals surface area contributed by atoms with Crippen molar-refractivity contribution < 1.29 is 9.52 Å². The van der Waals surface area contributed by atoms with E-state index >= 15 is 0 Å². The highest BCUT2D eigenvalue weighted by molar-refractivity contribution is 5.62. The third-order valence-electron chi connectivity index (χ3n) is 2.96. The summed E-state index contributed by atoms with van der Waals surface area (Å²) < 4.78 is 5.81. The molecule has 1 unspecified atom stereocenters. The Morgan fingerprint density at radius 1 is 1.17 bits per heavy atom. The lowest BCUT2D eigenvalue weighted by molar-refractivity contribution is 0.187. The molecule has 18 heavy (non-hydrogen) atoms. The molecule has 1 aromatic heterocycles. The van der Waals surface area contributed by atoms with Crippen LogP contribution < -0.4 is 0 Å². The average Bonchev–Trinajstić information content (AvgIpc) is 2.77. The van der Waals surface area contributed by atoms with Crippen molar-refractivity contribution in [3.8, 4) is 11.3 Å². The van der Waals surface area contributed by atoms with E-state index in [9.17, 15) is 5.11 Å². The standard InChI is InChI=1S/C16H20O2/c1-3-6-13-7-4-5-8-15(13)16-10-9-14(18-16)11-12(2)17/h4-5,7-10,12,17H,3,6,11H2,1-2H3. The summed E-state index contributed by atoms with van der Waals surface area (Å²) in [7, 11) is 0. The van der Waals surface area contributed by atoms with Gasteiger partial charge < -0.3 is 9.52 Å². The van der Waals surface area contributed by atoms with Crippen LogP contribution in [-0.2, 0) is 12.8 Å². The molecule has 96 valence electrons. The fourth-order valence-corrected chi connectivity index (χ4v) is 2.17. The number of rotatable bonds is 5. The molecule has 2 heteroatoms. The Hall–Kier alpha value is -1.54. The van der Waals surface area contributed by atoms with Gasteiger partial charge in [0.05, 0.1) is 6.10 Å². The van der Waals surface area contributed by atoms with Crippen molar-refractivity contribution in [3.05, 3.63) is 47.7 Å². The highest BCUT2D eigenvalue weighted by atomic mass is 16.3. The first-order chi connectivity index (χ1) is 8.70. The Kier molecular flexibility index (Phi) is 4.21. The molecular weight excluding hydrogens is 224 g/mol. The van der Waals surface area contributed by atoms with Crippen LogP contribution in [0.2, 0.25) is 0 Å². The number of aliphatic hydroxyl groups excluding tert-OH is 1. The van der Waals surface area contributed by atoms with E-state index in [0.717, 1.165) is 29.9 Å². The topological polar surface area (TPSA) is 33.4 Å². The zero-order chi connectivity index (χ0) is 13.0. The van der Waals surface area contributed by atoms with E-state index in [1.54, 1.807) is 6.92 Å². The average molecular weight is 244 g/mol. The monoisotopic (exact) mass is 244 g/mol. The Bertz CT molecular complexity index is 497. The smallest absolute Gasteiger partial charge is 0.134 e. The molecular formula is C16H20O2. The minimum absolute atomic E-state index is 0.366. The molecule has 0 saturated carbocycles. The summed E-state index contributed by atoms with van der Waals surface area (Å²) in [6.45, 7) is 3.95. The molecule has 1 atom stereocenters. The number of furan rings is 1. The van der Waals surface area contributed by atoms with Crippen molar-refractivity contribution in [2.45, 2.75) is 39.2 Å². The van der Waals surface area contributed by atoms with Gasteiger partial charge >= 0.3 is 0 Å². The van der Waals surface area contributed by atoms with Gasteiger partial charge in [-0.05, 0) is 31.0 Å². The van der Waals surface area contributed by atoms with Gasteiger partial charge in [-0.15, -0.1) is 0 Å². The summed E-state index contributed by atoms with van der Waals surface area (Å²) in [5.41, 5.74) is 2.48. The first kappa shape index (κ1) is 12.9. The molecule has 0 aliphatic heterocycles. The Labute approximate surface area is 108 Å². The molecule has 0 fully saturated rings. The van der Waals surface area contributed by atoms with E-state index in [1.165, 1.54) is 5.56 Å². The summed E-state index contributed by atoms with van der Waals surface area (Å²) in [6.07, 6.45) is 2.38. The first-order valence-corrected chi connectivity index (χ1v) is 6.55.